The predicted molar refractivity (Wildman–Crippen MR) is 127 cm³/mol. The van der Waals surface area contributed by atoms with Gasteiger partial charge in [0.1, 0.15) is 11.9 Å². The van der Waals surface area contributed by atoms with Crippen LogP contribution in [0.4, 0.5) is 11.6 Å². The molecule has 2 aliphatic heterocycles. The maximum Gasteiger partial charge on any atom is 0.229 e. The van der Waals surface area contributed by atoms with E-state index in [0.29, 0.717) is 19.1 Å². The first kappa shape index (κ1) is 22.3. The lowest BCUT2D eigenvalue weighted by molar-refractivity contribution is 0.141. The van der Waals surface area contributed by atoms with E-state index in [9.17, 15) is 0 Å². The second-order valence-electron chi connectivity index (χ2n) is 8.37. The largest absolute Gasteiger partial charge is 0.488 e. The zero-order valence-corrected chi connectivity index (χ0v) is 19.3. The van der Waals surface area contributed by atoms with Crippen molar-refractivity contribution in [3.05, 3.63) is 54.6 Å². The summed E-state index contributed by atoms with van der Waals surface area (Å²) in [5, 5.41) is 12.7. The minimum atomic E-state index is 0.129. The smallest absolute Gasteiger partial charge is 0.229 e. The Morgan fingerprint density at radius 2 is 2.00 bits per heavy atom. The lowest BCUT2D eigenvalue weighted by Gasteiger charge is -2.13. The highest BCUT2D eigenvalue weighted by molar-refractivity contribution is 5.75. The summed E-state index contributed by atoms with van der Waals surface area (Å²) < 4.78 is 19.9. The van der Waals surface area contributed by atoms with Gasteiger partial charge in [0.05, 0.1) is 43.2 Å². The highest BCUT2D eigenvalue weighted by Gasteiger charge is 2.17. The van der Waals surface area contributed by atoms with Crippen molar-refractivity contribution < 1.29 is 14.2 Å². The standard InChI is InChI=1S/C20H21N7O2.C4H8O/c1-26-12-16(10-22-26)24-20-21-8-15-9-23-27(19(15)25-20)11-14-3-2-4-17(7-14)29-18-5-6-28-13-18;1-2-4-5-3-1/h2-4,7-10,12,18H,5-6,11,13H2,1H3,(H,21,24,25);1-4H2. The number of nitrogens with one attached hydrogen (secondary N) is 1. The van der Waals surface area contributed by atoms with Crippen LogP contribution in [0.25, 0.3) is 11.0 Å². The summed E-state index contributed by atoms with van der Waals surface area (Å²) in [7, 11) is 1.86. The molecule has 1 atom stereocenters. The van der Waals surface area contributed by atoms with Crippen molar-refractivity contribution in [1.82, 2.24) is 29.5 Å². The van der Waals surface area contributed by atoms with Gasteiger partial charge in [-0.05, 0) is 30.5 Å². The topological polar surface area (TPSA) is 101 Å². The van der Waals surface area contributed by atoms with Gasteiger partial charge >= 0.3 is 0 Å². The van der Waals surface area contributed by atoms with E-state index in [4.69, 9.17) is 14.2 Å². The molecule has 10 heteroatoms. The molecular formula is C24H29N7O3. The van der Waals surface area contributed by atoms with E-state index < -0.39 is 0 Å². The van der Waals surface area contributed by atoms with E-state index >= 15 is 0 Å². The molecule has 0 saturated carbocycles. The Bertz CT molecular complexity index is 1200. The summed E-state index contributed by atoms with van der Waals surface area (Å²) >= 11 is 0. The van der Waals surface area contributed by atoms with Gasteiger partial charge in [-0.25, -0.2) is 9.67 Å². The summed E-state index contributed by atoms with van der Waals surface area (Å²) in [4.78, 5) is 8.99. The Hall–Kier alpha value is -3.50. The summed E-state index contributed by atoms with van der Waals surface area (Å²) in [6.45, 7) is 4.00. The molecule has 34 heavy (non-hydrogen) atoms. The molecule has 2 fully saturated rings. The molecule has 3 aromatic heterocycles. The molecule has 0 spiro atoms. The van der Waals surface area contributed by atoms with Gasteiger partial charge in [-0.15, -0.1) is 0 Å². The fourth-order valence-corrected chi connectivity index (χ4v) is 3.86. The third kappa shape index (κ3) is 5.70. The average Bonchev–Trinajstić information content (AvgIpc) is 3.65. The fourth-order valence-electron chi connectivity index (χ4n) is 3.86. The van der Waals surface area contributed by atoms with Crippen molar-refractivity contribution in [1.29, 1.82) is 0 Å². The van der Waals surface area contributed by atoms with Crippen molar-refractivity contribution in [2.24, 2.45) is 7.05 Å². The number of nitrogens with zero attached hydrogens (tertiary/aromatic N) is 6. The molecule has 2 saturated heterocycles. The van der Waals surface area contributed by atoms with Gasteiger partial charge in [0.25, 0.3) is 0 Å². The van der Waals surface area contributed by atoms with Crippen LogP contribution in [0.2, 0.25) is 0 Å². The maximum atomic E-state index is 6.01. The molecule has 1 aromatic carbocycles. The molecule has 1 N–H and O–H groups in total. The van der Waals surface area contributed by atoms with Crippen molar-refractivity contribution in [3.63, 3.8) is 0 Å². The van der Waals surface area contributed by atoms with Gasteiger partial charge in [0.15, 0.2) is 5.65 Å². The quantitative estimate of drug-likeness (QED) is 0.465. The van der Waals surface area contributed by atoms with Gasteiger partial charge in [0.2, 0.25) is 5.95 Å². The fraction of sp³-hybridized carbons (Fsp3) is 0.417. The molecule has 5 heterocycles. The number of fused-ring (bicyclic) bond motifs is 1. The van der Waals surface area contributed by atoms with Gasteiger partial charge in [0, 0.05) is 39.1 Å². The molecule has 178 valence electrons. The Morgan fingerprint density at radius 3 is 2.74 bits per heavy atom. The SMILES string of the molecule is C1CCOC1.Cn1cc(Nc2ncc3cnn(Cc4cccc(OC5CCOC5)c4)c3n2)cn1. The summed E-state index contributed by atoms with van der Waals surface area (Å²) in [5.41, 5.74) is 2.69. The highest BCUT2D eigenvalue weighted by Crippen LogP contribution is 2.21. The van der Waals surface area contributed by atoms with Crippen molar-refractivity contribution in [2.45, 2.75) is 31.9 Å². The number of anilines is 2. The predicted octanol–water partition coefficient (Wildman–Crippen LogP) is 3.32. The molecule has 2 aliphatic rings. The van der Waals surface area contributed by atoms with E-state index in [0.717, 1.165) is 54.3 Å². The molecule has 10 nitrogen and oxygen atoms in total. The number of aromatic nitrogens is 6. The molecule has 0 amide bonds. The van der Waals surface area contributed by atoms with E-state index in [-0.39, 0.29) is 6.10 Å². The zero-order valence-electron chi connectivity index (χ0n) is 19.3. The lowest BCUT2D eigenvalue weighted by atomic mass is 10.2. The highest BCUT2D eigenvalue weighted by atomic mass is 16.5. The Morgan fingerprint density at radius 1 is 1.09 bits per heavy atom. The number of aryl methyl sites for hydroxylation is 1. The normalized spacial score (nSPS) is 17.5. The van der Waals surface area contributed by atoms with Crippen LogP contribution in [0.5, 0.6) is 5.75 Å². The first-order valence-corrected chi connectivity index (χ1v) is 11.6. The molecule has 0 bridgehead atoms. The van der Waals surface area contributed by atoms with Crippen molar-refractivity contribution in [3.8, 4) is 5.75 Å². The maximum absolute atomic E-state index is 6.01. The van der Waals surface area contributed by atoms with Crippen LogP contribution in [0.3, 0.4) is 0 Å². The van der Waals surface area contributed by atoms with Crippen LogP contribution in [-0.2, 0) is 23.1 Å². The van der Waals surface area contributed by atoms with E-state index in [1.807, 2.05) is 36.1 Å². The monoisotopic (exact) mass is 463 g/mol. The molecule has 0 aliphatic carbocycles. The summed E-state index contributed by atoms with van der Waals surface area (Å²) in [6, 6.07) is 8.07. The van der Waals surface area contributed by atoms with Crippen LogP contribution in [0.1, 0.15) is 24.8 Å². The van der Waals surface area contributed by atoms with Crippen LogP contribution in [0.15, 0.2) is 49.1 Å². The van der Waals surface area contributed by atoms with Gasteiger partial charge in [-0.1, -0.05) is 12.1 Å². The number of ether oxygens (including phenoxy) is 3. The van der Waals surface area contributed by atoms with Crippen molar-refractivity contribution >= 4 is 22.7 Å². The number of rotatable bonds is 6. The van der Waals surface area contributed by atoms with E-state index in [1.165, 1.54) is 12.8 Å². The molecule has 6 rings (SSSR count). The van der Waals surface area contributed by atoms with E-state index in [1.54, 1.807) is 23.3 Å². The van der Waals surface area contributed by atoms with Crippen molar-refractivity contribution in [2.75, 3.05) is 31.7 Å². The number of hydrogen-bond acceptors (Lipinski definition) is 8. The molecule has 4 aromatic rings. The van der Waals surface area contributed by atoms with Crippen LogP contribution >= 0.6 is 0 Å². The van der Waals surface area contributed by atoms with Crippen LogP contribution < -0.4 is 10.1 Å². The van der Waals surface area contributed by atoms with E-state index in [2.05, 4.69) is 31.5 Å². The first-order valence-electron chi connectivity index (χ1n) is 11.6. The van der Waals surface area contributed by atoms with Gasteiger partial charge in [-0.3, -0.25) is 4.68 Å². The number of hydrogen-bond donors (Lipinski definition) is 1. The Balaban J connectivity index is 0.000000429. The minimum Gasteiger partial charge on any atom is -0.488 e. The minimum absolute atomic E-state index is 0.129. The van der Waals surface area contributed by atoms with Gasteiger partial charge < -0.3 is 19.5 Å². The zero-order chi connectivity index (χ0) is 23.2. The third-order valence-corrected chi connectivity index (χ3v) is 5.59. The summed E-state index contributed by atoms with van der Waals surface area (Å²) in [5.74, 6) is 1.36. The first-order chi connectivity index (χ1) is 16.7. The third-order valence-electron chi connectivity index (χ3n) is 5.59. The molecule has 1 unspecified atom stereocenters. The average molecular weight is 464 g/mol. The van der Waals surface area contributed by atoms with Gasteiger partial charge in [-0.2, -0.15) is 15.2 Å². The second kappa shape index (κ2) is 10.6. The Labute approximate surface area is 197 Å². The molecular weight excluding hydrogens is 434 g/mol. The Kier molecular flexibility index (Phi) is 6.97. The lowest BCUT2D eigenvalue weighted by Crippen LogP contribution is -2.15. The van der Waals surface area contributed by atoms with Crippen LogP contribution in [-0.4, -0.2) is 62.1 Å². The van der Waals surface area contributed by atoms with Crippen LogP contribution in [0, 0.1) is 0 Å². The molecule has 0 radical (unpaired) electrons. The summed E-state index contributed by atoms with van der Waals surface area (Å²) in [6.07, 6.45) is 10.8. The second-order valence-corrected chi connectivity index (χ2v) is 8.37. The number of benzene rings is 1.